The molecule has 0 amide bonds. The molecule has 0 aliphatic rings. The summed E-state index contributed by atoms with van der Waals surface area (Å²) >= 11 is 1.20. The van der Waals surface area contributed by atoms with Crippen molar-refractivity contribution >= 4 is 17.3 Å². The number of alkyl halides is 9. The summed E-state index contributed by atoms with van der Waals surface area (Å²) in [5.74, 6) is -0.265. The van der Waals surface area contributed by atoms with Crippen LogP contribution in [-0.4, -0.2) is 30.2 Å². The molecule has 18 heteroatoms. The number of anilines is 1. The highest BCUT2D eigenvalue weighted by molar-refractivity contribution is 7.15. The summed E-state index contributed by atoms with van der Waals surface area (Å²) < 4.78 is 124. The third kappa shape index (κ3) is 7.56. The van der Waals surface area contributed by atoms with E-state index in [0.29, 0.717) is 39.7 Å². The normalized spacial score (nSPS) is 12.3. The molecule has 5 aromatic rings. The first-order chi connectivity index (χ1) is 22.5. The van der Waals surface area contributed by atoms with Gasteiger partial charge in [-0.15, -0.1) is 16.4 Å². The van der Waals surface area contributed by atoms with Crippen molar-refractivity contribution in [3.63, 3.8) is 0 Å². The van der Waals surface area contributed by atoms with E-state index < -0.39 is 53.9 Å². The van der Waals surface area contributed by atoms with Gasteiger partial charge in [-0.25, -0.2) is 4.98 Å². The molecule has 0 saturated heterocycles. The fourth-order valence-electron chi connectivity index (χ4n) is 4.79. The van der Waals surface area contributed by atoms with Gasteiger partial charge in [0.25, 0.3) is 5.95 Å². The van der Waals surface area contributed by atoms with E-state index in [0.717, 1.165) is 21.8 Å². The number of benzene rings is 2. The summed E-state index contributed by atoms with van der Waals surface area (Å²) in [4.78, 5) is 11.6. The van der Waals surface area contributed by atoms with Gasteiger partial charge in [0.05, 0.1) is 41.1 Å². The Balaban J connectivity index is 1.65. The number of hydrogen-bond acceptors (Lipinski definition) is 8. The van der Waals surface area contributed by atoms with Crippen LogP contribution in [0.3, 0.4) is 0 Å². The van der Waals surface area contributed by atoms with Gasteiger partial charge in [0.1, 0.15) is 10.7 Å². The van der Waals surface area contributed by atoms with Crippen molar-refractivity contribution < 1.29 is 39.5 Å². The molecule has 48 heavy (non-hydrogen) atoms. The van der Waals surface area contributed by atoms with Crippen molar-refractivity contribution in [2.75, 3.05) is 4.90 Å². The van der Waals surface area contributed by atoms with Crippen LogP contribution in [0.4, 0.5) is 45.5 Å². The molecule has 250 valence electrons. The van der Waals surface area contributed by atoms with Gasteiger partial charge >= 0.3 is 18.5 Å². The molecule has 0 unspecified atom stereocenters. The molecule has 0 N–H and O–H groups in total. The fraction of sp³-hybridized carbons (Fsp3) is 0.267. The van der Waals surface area contributed by atoms with Crippen LogP contribution >= 0.6 is 11.3 Å². The molecule has 3 heterocycles. The predicted molar refractivity (Wildman–Crippen MR) is 155 cm³/mol. The maximum atomic E-state index is 14.0. The van der Waals surface area contributed by atoms with E-state index in [1.54, 1.807) is 6.92 Å². The minimum Gasteiger partial charge on any atom is -0.330 e. The molecule has 0 radical (unpaired) electrons. The zero-order valence-corrected chi connectivity index (χ0v) is 25.5. The van der Waals surface area contributed by atoms with Crippen molar-refractivity contribution in [1.29, 1.82) is 5.26 Å². The minimum absolute atomic E-state index is 0.0212. The Bertz CT molecular complexity index is 1960. The van der Waals surface area contributed by atoms with Crippen molar-refractivity contribution in [3.8, 4) is 28.0 Å². The first-order valence-corrected chi connectivity index (χ1v) is 14.6. The van der Waals surface area contributed by atoms with Crippen molar-refractivity contribution in [1.82, 2.24) is 30.2 Å². The molecule has 2 aromatic carbocycles. The quantitative estimate of drug-likeness (QED) is 0.151. The second-order valence-corrected chi connectivity index (χ2v) is 11.5. The Morgan fingerprint density at radius 3 is 2.08 bits per heavy atom. The summed E-state index contributed by atoms with van der Waals surface area (Å²) in [6, 6.07) is 8.89. The van der Waals surface area contributed by atoms with Gasteiger partial charge in [-0.1, -0.05) is 18.1 Å². The summed E-state index contributed by atoms with van der Waals surface area (Å²) in [6.07, 6.45) is -13.2. The average Bonchev–Trinajstić information content (AvgIpc) is 3.66. The van der Waals surface area contributed by atoms with E-state index in [1.807, 2.05) is 6.07 Å². The molecule has 0 saturated carbocycles. The number of halogens is 9. The van der Waals surface area contributed by atoms with E-state index in [2.05, 4.69) is 25.4 Å². The number of hydrogen-bond donors (Lipinski definition) is 0. The second kappa shape index (κ2) is 12.9. The lowest BCUT2D eigenvalue weighted by molar-refractivity contribution is -0.143. The third-order valence-electron chi connectivity index (χ3n) is 6.98. The molecule has 0 atom stereocenters. The summed E-state index contributed by atoms with van der Waals surface area (Å²) in [7, 11) is 1.36. The number of thiazole rings is 1. The lowest BCUT2D eigenvalue weighted by atomic mass is 9.98. The van der Waals surface area contributed by atoms with E-state index in [-0.39, 0.29) is 28.8 Å². The number of nitriles is 1. The van der Waals surface area contributed by atoms with Gasteiger partial charge in [-0.05, 0) is 65.2 Å². The molecular formula is C30H21F9N8S. The molecule has 8 nitrogen and oxygen atoms in total. The van der Waals surface area contributed by atoms with Gasteiger partial charge in [-0.3, -0.25) is 4.98 Å². The Morgan fingerprint density at radius 2 is 1.52 bits per heavy atom. The number of rotatable bonds is 8. The SMILES string of the molecule is CCc1sc(-c2cc(C#N)ccn2)nc1-c1ccc(C(F)(F)F)cc1CN(Cc1cc(C(F)(F)F)cc(C(F)(F)F)c1)c1nnn(C)n1. The molecule has 0 bridgehead atoms. The van der Waals surface area contributed by atoms with Crippen molar-refractivity contribution in [2.24, 2.45) is 7.05 Å². The van der Waals surface area contributed by atoms with Gasteiger partial charge in [-0.2, -0.15) is 49.6 Å². The Kier molecular flexibility index (Phi) is 9.19. The molecule has 0 spiro atoms. The van der Waals surface area contributed by atoms with Gasteiger partial charge in [0.15, 0.2) is 0 Å². The van der Waals surface area contributed by atoms with Crippen LogP contribution in [0.25, 0.3) is 22.0 Å². The van der Waals surface area contributed by atoms with Crippen LogP contribution in [0.2, 0.25) is 0 Å². The molecular weight excluding hydrogens is 675 g/mol. The number of pyridine rings is 1. The summed E-state index contributed by atoms with van der Waals surface area (Å²) in [5, 5.41) is 21.2. The predicted octanol–water partition coefficient (Wildman–Crippen LogP) is 8.09. The molecule has 0 fully saturated rings. The molecule has 5 rings (SSSR count). The van der Waals surface area contributed by atoms with Crippen LogP contribution in [0, 0.1) is 11.3 Å². The van der Waals surface area contributed by atoms with Crippen molar-refractivity contribution in [2.45, 2.75) is 45.0 Å². The zero-order valence-electron chi connectivity index (χ0n) is 24.7. The minimum atomic E-state index is -5.12. The third-order valence-corrected chi connectivity index (χ3v) is 8.20. The number of tetrazole rings is 1. The summed E-state index contributed by atoms with van der Waals surface area (Å²) in [5.41, 5.74) is -3.49. The second-order valence-electron chi connectivity index (χ2n) is 10.4. The number of aromatic nitrogens is 6. The first kappa shape index (κ1) is 34.3. The van der Waals surface area contributed by atoms with Gasteiger partial charge in [0, 0.05) is 29.7 Å². The maximum Gasteiger partial charge on any atom is 0.416 e. The van der Waals surface area contributed by atoms with Crippen LogP contribution in [0.5, 0.6) is 0 Å². The largest absolute Gasteiger partial charge is 0.416 e. The highest BCUT2D eigenvalue weighted by atomic mass is 32.1. The lowest BCUT2D eigenvalue weighted by Gasteiger charge is -2.24. The Hall–Kier alpha value is -5.05. The monoisotopic (exact) mass is 696 g/mol. The molecule has 0 aliphatic heterocycles. The maximum absolute atomic E-state index is 14.0. The zero-order chi connectivity index (χ0) is 35.0. The smallest absolute Gasteiger partial charge is 0.330 e. The van der Waals surface area contributed by atoms with E-state index >= 15 is 0 Å². The highest BCUT2D eigenvalue weighted by Crippen LogP contribution is 2.40. The van der Waals surface area contributed by atoms with E-state index in [9.17, 15) is 44.8 Å². The summed E-state index contributed by atoms with van der Waals surface area (Å²) in [6.45, 7) is 0.633. The van der Waals surface area contributed by atoms with Crippen molar-refractivity contribution in [3.05, 3.63) is 93.0 Å². The molecule has 3 aromatic heterocycles. The Labute approximate surface area is 270 Å². The van der Waals surface area contributed by atoms with Crippen LogP contribution in [0.1, 0.15) is 45.2 Å². The first-order valence-electron chi connectivity index (χ1n) is 13.8. The van der Waals surface area contributed by atoms with E-state index in [1.165, 1.54) is 42.8 Å². The average molecular weight is 697 g/mol. The standard InChI is InChI=1S/C30H21F9N8S/c1-3-24-25(42-26(48-24)23-10-16(13-40)6-7-41-23)22-5-4-19(28(31,32)33)11-18(22)15-47(27-43-45-46(2)44-27)14-17-8-20(29(34,35)36)12-21(9-17)30(37,38)39/h4-12H,3,14-15H2,1-2H3. The molecule has 0 aliphatic carbocycles. The van der Waals surface area contributed by atoms with Crippen LogP contribution in [-0.2, 0) is 45.1 Å². The topological polar surface area (TPSA) is 96.4 Å². The van der Waals surface area contributed by atoms with Gasteiger partial charge in [0.2, 0.25) is 0 Å². The van der Waals surface area contributed by atoms with E-state index in [4.69, 9.17) is 0 Å². The fourth-order valence-corrected chi connectivity index (χ4v) is 5.78. The van der Waals surface area contributed by atoms with Gasteiger partial charge < -0.3 is 4.90 Å². The Morgan fingerprint density at radius 1 is 0.854 bits per heavy atom. The van der Waals surface area contributed by atoms with Crippen LogP contribution < -0.4 is 4.90 Å². The van der Waals surface area contributed by atoms with Crippen LogP contribution in [0.15, 0.2) is 54.7 Å². The highest BCUT2D eigenvalue weighted by Gasteiger charge is 2.37. The number of aryl methyl sites for hydroxylation is 2. The lowest BCUT2D eigenvalue weighted by Crippen LogP contribution is -2.25. The number of nitrogens with zero attached hydrogens (tertiary/aromatic N) is 8.